The van der Waals surface area contributed by atoms with Crippen LogP contribution in [0, 0.1) is 0 Å². The Morgan fingerprint density at radius 1 is 1.47 bits per heavy atom. The SMILES string of the molecule is CC(C)NCc1cnc(C2CN(C(C)C)CCO2)s1. The minimum absolute atomic E-state index is 0.147. The summed E-state index contributed by atoms with van der Waals surface area (Å²) in [6.07, 6.45) is 2.13. The molecule has 2 rings (SSSR count). The Kier molecular flexibility index (Phi) is 5.33. The zero-order chi connectivity index (χ0) is 13.8. The molecular formula is C14H25N3OS. The van der Waals surface area contributed by atoms with Crippen molar-refractivity contribution in [2.24, 2.45) is 0 Å². The van der Waals surface area contributed by atoms with Crippen LogP contribution in [0.15, 0.2) is 6.20 Å². The van der Waals surface area contributed by atoms with E-state index in [0.717, 1.165) is 31.2 Å². The number of aromatic nitrogens is 1. The molecule has 1 aliphatic rings. The molecule has 0 aliphatic carbocycles. The Labute approximate surface area is 120 Å². The molecule has 0 bridgehead atoms. The first-order valence-electron chi connectivity index (χ1n) is 7.10. The van der Waals surface area contributed by atoms with Gasteiger partial charge in [-0.1, -0.05) is 13.8 Å². The van der Waals surface area contributed by atoms with Gasteiger partial charge >= 0.3 is 0 Å². The quantitative estimate of drug-likeness (QED) is 0.900. The van der Waals surface area contributed by atoms with E-state index in [-0.39, 0.29) is 6.10 Å². The highest BCUT2D eigenvalue weighted by Crippen LogP contribution is 2.27. The van der Waals surface area contributed by atoms with Gasteiger partial charge in [-0.05, 0) is 13.8 Å². The summed E-state index contributed by atoms with van der Waals surface area (Å²) >= 11 is 1.77. The van der Waals surface area contributed by atoms with Gasteiger partial charge in [-0.15, -0.1) is 11.3 Å². The summed E-state index contributed by atoms with van der Waals surface area (Å²) in [7, 11) is 0. The number of hydrogen-bond acceptors (Lipinski definition) is 5. The fourth-order valence-corrected chi connectivity index (χ4v) is 3.05. The first kappa shape index (κ1) is 14.9. The van der Waals surface area contributed by atoms with Crippen molar-refractivity contribution in [2.75, 3.05) is 19.7 Å². The van der Waals surface area contributed by atoms with Crippen LogP contribution in [-0.4, -0.2) is 41.7 Å². The van der Waals surface area contributed by atoms with E-state index < -0.39 is 0 Å². The molecule has 1 saturated heterocycles. The van der Waals surface area contributed by atoms with E-state index in [4.69, 9.17) is 4.74 Å². The van der Waals surface area contributed by atoms with Gasteiger partial charge < -0.3 is 10.1 Å². The van der Waals surface area contributed by atoms with Crippen molar-refractivity contribution in [3.63, 3.8) is 0 Å². The van der Waals surface area contributed by atoms with E-state index in [1.807, 2.05) is 6.20 Å². The van der Waals surface area contributed by atoms with Gasteiger partial charge in [0.05, 0.1) is 6.61 Å². The van der Waals surface area contributed by atoms with E-state index >= 15 is 0 Å². The lowest BCUT2D eigenvalue weighted by molar-refractivity contribution is -0.0402. The van der Waals surface area contributed by atoms with Crippen molar-refractivity contribution in [3.05, 3.63) is 16.1 Å². The molecule has 108 valence electrons. The highest BCUT2D eigenvalue weighted by atomic mass is 32.1. The molecule has 5 heteroatoms. The Bertz CT molecular complexity index is 392. The maximum atomic E-state index is 5.87. The number of nitrogens with zero attached hydrogens (tertiary/aromatic N) is 2. The lowest BCUT2D eigenvalue weighted by Crippen LogP contribution is -2.42. The third kappa shape index (κ3) is 4.24. The zero-order valence-electron chi connectivity index (χ0n) is 12.3. The zero-order valence-corrected chi connectivity index (χ0v) is 13.2. The average Bonchev–Trinajstić information content (AvgIpc) is 2.85. The molecule has 1 fully saturated rings. The molecular weight excluding hydrogens is 258 g/mol. The van der Waals surface area contributed by atoms with E-state index in [1.165, 1.54) is 4.88 Å². The van der Waals surface area contributed by atoms with Crippen LogP contribution < -0.4 is 5.32 Å². The molecule has 0 saturated carbocycles. The van der Waals surface area contributed by atoms with Crippen molar-refractivity contribution in [1.82, 2.24) is 15.2 Å². The van der Waals surface area contributed by atoms with E-state index in [2.05, 4.69) is 42.9 Å². The second kappa shape index (κ2) is 6.79. The van der Waals surface area contributed by atoms with Crippen LogP contribution >= 0.6 is 11.3 Å². The van der Waals surface area contributed by atoms with Gasteiger partial charge in [0, 0.05) is 42.8 Å². The van der Waals surface area contributed by atoms with Crippen LogP contribution in [0.3, 0.4) is 0 Å². The maximum absolute atomic E-state index is 5.87. The first-order chi connectivity index (χ1) is 9.06. The van der Waals surface area contributed by atoms with Gasteiger partial charge in [-0.3, -0.25) is 4.90 Å². The molecule has 2 heterocycles. The number of rotatable bonds is 5. The number of morpholine rings is 1. The summed E-state index contributed by atoms with van der Waals surface area (Å²) < 4.78 is 5.87. The number of hydrogen-bond donors (Lipinski definition) is 1. The Balaban J connectivity index is 1.94. The van der Waals surface area contributed by atoms with Crippen LogP contribution in [-0.2, 0) is 11.3 Å². The van der Waals surface area contributed by atoms with Gasteiger partial charge in [0.2, 0.25) is 0 Å². The molecule has 1 atom stereocenters. The normalized spacial score (nSPS) is 21.5. The molecule has 0 aromatic carbocycles. The molecule has 1 N–H and O–H groups in total. The number of thiazole rings is 1. The molecule has 4 nitrogen and oxygen atoms in total. The molecule has 0 radical (unpaired) electrons. The molecule has 1 aromatic rings. The monoisotopic (exact) mass is 283 g/mol. The Morgan fingerprint density at radius 2 is 2.26 bits per heavy atom. The second-order valence-electron chi connectivity index (χ2n) is 5.65. The maximum Gasteiger partial charge on any atom is 0.123 e. The molecule has 1 aromatic heterocycles. The molecule has 0 amide bonds. The minimum Gasteiger partial charge on any atom is -0.368 e. The van der Waals surface area contributed by atoms with Gasteiger partial charge in [0.1, 0.15) is 11.1 Å². The second-order valence-corrected chi connectivity index (χ2v) is 6.80. The highest BCUT2D eigenvalue weighted by Gasteiger charge is 2.25. The predicted octanol–water partition coefficient (Wildman–Crippen LogP) is 2.42. The van der Waals surface area contributed by atoms with Crippen LogP contribution in [0.1, 0.15) is 43.7 Å². The van der Waals surface area contributed by atoms with Gasteiger partial charge in [-0.25, -0.2) is 4.98 Å². The molecule has 1 aliphatic heterocycles. The molecule has 19 heavy (non-hydrogen) atoms. The standard InChI is InChI=1S/C14H25N3OS/c1-10(2)15-7-12-8-16-14(19-12)13-9-17(11(3)4)5-6-18-13/h8,10-11,13,15H,5-7,9H2,1-4H3. The van der Waals surface area contributed by atoms with Crippen LogP contribution in [0.4, 0.5) is 0 Å². The summed E-state index contributed by atoms with van der Waals surface area (Å²) in [6.45, 7) is 12.5. The van der Waals surface area contributed by atoms with Crippen molar-refractivity contribution < 1.29 is 4.74 Å². The molecule has 0 spiro atoms. The smallest absolute Gasteiger partial charge is 0.123 e. The average molecular weight is 283 g/mol. The third-order valence-corrected chi connectivity index (χ3v) is 4.45. The Morgan fingerprint density at radius 3 is 2.95 bits per heavy atom. The van der Waals surface area contributed by atoms with Crippen LogP contribution in [0.2, 0.25) is 0 Å². The fraction of sp³-hybridized carbons (Fsp3) is 0.786. The van der Waals surface area contributed by atoms with E-state index in [1.54, 1.807) is 11.3 Å². The molecule has 1 unspecified atom stereocenters. The summed E-state index contributed by atoms with van der Waals surface area (Å²) in [6, 6.07) is 1.08. The van der Waals surface area contributed by atoms with Crippen LogP contribution in [0.5, 0.6) is 0 Å². The summed E-state index contributed by atoms with van der Waals surface area (Å²) in [5, 5.41) is 4.54. The first-order valence-corrected chi connectivity index (χ1v) is 7.91. The number of ether oxygens (including phenoxy) is 1. The lowest BCUT2D eigenvalue weighted by Gasteiger charge is -2.34. The van der Waals surface area contributed by atoms with Crippen molar-refractivity contribution in [3.8, 4) is 0 Å². The van der Waals surface area contributed by atoms with Crippen molar-refractivity contribution >= 4 is 11.3 Å². The predicted molar refractivity (Wildman–Crippen MR) is 79.5 cm³/mol. The van der Waals surface area contributed by atoms with Crippen LogP contribution in [0.25, 0.3) is 0 Å². The summed E-state index contributed by atoms with van der Waals surface area (Å²) in [5.74, 6) is 0. The largest absolute Gasteiger partial charge is 0.368 e. The van der Waals surface area contributed by atoms with Gasteiger partial charge in [0.15, 0.2) is 0 Å². The highest BCUT2D eigenvalue weighted by molar-refractivity contribution is 7.11. The Hall–Kier alpha value is -0.490. The minimum atomic E-state index is 0.147. The van der Waals surface area contributed by atoms with E-state index in [9.17, 15) is 0 Å². The summed E-state index contributed by atoms with van der Waals surface area (Å²) in [5.41, 5.74) is 0. The lowest BCUT2D eigenvalue weighted by atomic mass is 10.2. The fourth-order valence-electron chi connectivity index (χ4n) is 2.15. The number of nitrogens with one attached hydrogen (secondary N) is 1. The van der Waals surface area contributed by atoms with Crippen molar-refractivity contribution in [2.45, 2.75) is 52.4 Å². The van der Waals surface area contributed by atoms with E-state index in [0.29, 0.717) is 12.1 Å². The third-order valence-electron chi connectivity index (χ3n) is 3.36. The van der Waals surface area contributed by atoms with Gasteiger partial charge in [-0.2, -0.15) is 0 Å². The van der Waals surface area contributed by atoms with Gasteiger partial charge in [0.25, 0.3) is 0 Å². The van der Waals surface area contributed by atoms with Crippen molar-refractivity contribution in [1.29, 1.82) is 0 Å². The summed E-state index contributed by atoms with van der Waals surface area (Å²) in [4.78, 5) is 8.28. The topological polar surface area (TPSA) is 37.4 Å².